The van der Waals surface area contributed by atoms with Crippen LogP contribution < -0.4 is 10.6 Å². The zero-order valence-corrected chi connectivity index (χ0v) is 15.3. The van der Waals surface area contributed by atoms with Crippen molar-refractivity contribution in [1.29, 1.82) is 0 Å². The van der Waals surface area contributed by atoms with Gasteiger partial charge in [0.1, 0.15) is 11.4 Å². The SMILES string of the molecule is CCn1cc(-c2ccc(CN3C(=O)C(C)(N)c4ccccc43)c(F)c2)cn1. The third-order valence-corrected chi connectivity index (χ3v) is 5.12. The Bertz CT molecular complexity index is 1020. The first-order valence-electron chi connectivity index (χ1n) is 8.93. The maximum absolute atomic E-state index is 14.8. The number of fused-ring (bicyclic) bond motifs is 1. The van der Waals surface area contributed by atoms with Gasteiger partial charge in [0, 0.05) is 35.1 Å². The van der Waals surface area contributed by atoms with Crippen molar-refractivity contribution < 1.29 is 9.18 Å². The van der Waals surface area contributed by atoms with Crippen molar-refractivity contribution >= 4 is 11.6 Å². The number of aromatic nitrogens is 2. The number of para-hydroxylation sites is 1. The number of benzene rings is 2. The monoisotopic (exact) mass is 364 g/mol. The van der Waals surface area contributed by atoms with E-state index in [9.17, 15) is 9.18 Å². The first-order valence-corrected chi connectivity index (χ1v) is 8.93. The lowest BCUT2D eigenvalue weighted by atomic mass is 9.95. The predicted molar refractivity (Wildman–Crippen MR) is 102 cm³/mol. The third-order valence-electron chi connectivity index (χ3n) is 5.12. The second-order valence-electron chi connectivity index (χ2n) is 7.00. The van der Waals surface area contributed by atoms with E-state index in [4.69, 9.17) is 5.73 Å². The van der Waals surface area contributed by atoms with Gasteiger partial charge in [0.05, 0.1) is 12.7 Å². The molecule has 1 aliphatic rings. The van der Waals surface area contributed by atoms with Gasteiger partial charge < -0.3 is 10.6 Å². The molecule has 1 amide bonds. The minimum atomic E-state index is -1.10. The fraction of sp³-hybridized carbons (Fsp3) is 0.238. The van der Waals surface area contributed by atoms with E-state index in [0.29, 0.717) is 5.56 Å². The Hall–Kier alpha value is -2.99. The Balaban J connectivity index is 1.65. The first-order chi connectivity index (χ1) is 12.9. The quantitative estimate of drug-likeness (QED) is 0.771. The van der Waals surface area contributed by atoms with Crippen LogP contribution in [0.3, 0.4) is 0 Å². The highest BCUT2D eigenvalue weighted by atomic mass is 19.1. The average Bonchev–Trinajstić information content (AvgIpc) is 3.22. The summed E-state index contributed by atoms with van der Waals surface area (Å²) < 4.78 is 16.6. The number of hydrogen-bond acceptors (Lipinski definition) is 3. The molecule has 1 atom stereocenters. The number of carbonyl (C=O) groups is 1. The Morgan fingerprint density at radius 2 is 1.96 bits per heavy atom. The summed E-state index contributed by atoms with van der Waals surface area (Å²) in [5.41, 5.74) is 8.70. The van der Waals surface area contributed by atoms with Crippen molar-refractivity contribution in [2.75, 3.05) is 4.90 Å². The molecule has 1 aromatic heterocycles. The molecule has 0 radical (unpaired) electrons. The molecule has 6 heteroatoms. The van der Waals surface area contributed by atoms with E-state index in [2.05, 4.69) is 5.10 Å². The lowest BCUT2D eigenvalue weighted by molar-refractivity contribution is -0.122. The number of amides is 1. The standard InChI is InChI=1S/C21H21FN4O/c1-3-25-12-16(11-24-25)14-8-9-15(18(22)10-14)13-26-19-7-5-4-6-17(19)21(2,23)20(26)27/h4-12H,3,13,23H2,1-2H3. The molecule has 138 valence electrons. The number of halogens is 1. The van der Waals surface area contributed by atoms with Crippen molar-refractivity contribution in [3.8, 4) is 11.1 Å². The minimum Gasteiger partial charge on any atom is -0.314 e. The van der Waals surface area contributed by atoms with Gasteiger partial charge in [0.2, 0.25) is 0 Å². The highest BCUT2D eigenvalue weighted by Gasteiger charge is 2.44. The van der Waals surface area contributed by atoms with Crippen LogP contribution in [0.15, 0.2) is 54.9 Å². The molecule has 0 saturated heterocycles. The summed E-state index contributed by atoms with van der Waals surface area (Å²) in [6, 6.07) is 12.5. The van der Waals surface area contributed by atoms with Crippen molar-refractivity contribution in [2.45, 2.75) is 32.5 Å². The van der Waals surface area contributed by atoms with Gasteiger partial charge in [-0.1, -0.05) is 30.3 Å². The molecule has 1 aliphatic heterocycles. The van der Waals surface area contributed by atoms with E-state index in [1.165, 1.54) is 6.07 Å². The van der Waals surface area contributed by atoms with Crippen molar-refractivity contribution in [2.24, 2.45) is 5.73 Å². The highest BCUT2D eigenvalue weighted by molar-refractivity contribution is 6.07. The third kappa shape index (κ3) is 2.82. The largest absolute Gasteiger partial charge is 0.314 e. The molecule has 2 heterocycles. The van der Waals surface area contributed by atoms with Crippen LogP contribution in [0.5, 0.6) is 0 Å². The van der Waals surface area contributed by atoms with Crippen LogP contribution in [0, 0.1) is 5.82 Å². The Kier molecular flexibility index (Phi) is 4.08. The molecule has 0 spiro atoms. The number of nitrogens with two attached hydrogens (primary N) is 1. The molecule has 3 aromatic rings. The maximum atomic E-state index is 14.8. The molecule has 2 aromatic carbocycles. The van der Waals surface area contributed by atoms with Crippen LogP contribution in [0.4, 0.5) is 10.1 Å². The van der Waals surface area contributed by atoms with Crippen molar-refractivity contribution in [3.05, 3.63) is 71.8 Å². The zero-order valence-electron chi connectivity index (χ0n) is 15.3. The molecule has 2 N–H and O–H groups in total. The van der Waals surface area contributed by atoms with Gasteiger partial charge in [-0.15, -0.1) is 0 Å². The molecule has 0 saturated carbocycles. The van der Waals surface area contributed by atoms with Crippen LogP contribution in [0.2, 0.25) is 0 Å². The number of aryl methyl sites for hydroxylation is 1. The molecule has 0 bridgehead atoms. The van der Waals surface area contributed by atoms with Crippen LogP contribution in [-0.4, -0.2) is 15.7 Å². The van der Waals surface area contributed by atoms with Crippen molar-refractivity contribution in [3.63, 3.8) is 0 Å². The first kappa shape index (κ1) is 17.4. The molecule has 1 unspecified atom stereocenters. The lowest BCUT2D eigenvalue weighted by Crippen LogP contribution is -2.44. The van der Waals surface area contributed by atoms with Crippen LogP contribution >= 0.6 is 0 Å². The Morgan fingerprint density at radius 1 is 1.19 bits per heavy atom. The average molecular weight is 364 g/mol. The van der Waals surface area contributed by atoms with E-state index < -0.39 is 5.54 Å². The van der Waals surface area contributed by atoms with E-state index in [0.717, 1.165) is 28.9 Å². The Morgan fingerprint density at radius 3 is 2.67 bits per heavy atom. The number of rotatable bonds is 4. The van der Waals surface area contributed by atoms with Gasteiger partial charge >= 0.3 is 0 Å². The van der Waals surface area contributed by atoms with E-state index in [1.54, 1.807) is 28.8 Å². The van der Waals surface area contributed by atoms with Gasteiger partial charge in [-0.05, 0) is 31.5 Å². The van der Waals surface area contributed by atoms with Crippen LogP contribution in [-0.2, 0) is 23.4 Å². The summed E-state index contributed by atoms with van der Waals surface area (Å²) in [4.78, 5) is 14.3. The van der Waals surface area contributed by atoms with Crippen LogP contribution in [0.1, 0.15) is 25.0 Å². The topological polar surface area (TPSA) is 64.2 Å². The second-order valence-corrected chi connectivity index (χ2v) is 7.00. The maximum Gasteiger partial charge on any atom is 0.251 e. The number of nitrogens with zero attached hydrogens (tertiary/aromatic N) is 3. The van der Waals surface area contributed by atoms with Gasteiger partial charge in [-0.2, -0.15) is 5.10 Å². The lowest BCUT2D eigenvalue weighted by Gasteiger charge is -2.21. The smallest absolute Gasteiger partial charge is 0.251 e. The van der Waals surface area contributed by atoms with Gasteiger partial charge in [0.25, 0.3) is 5.91 Å². The summed E-state index contributed by atoms with van der Waals surface area (Å²) in [7, 11) is 0. The Labute approximate surface area is 157 Å². The van der Waals surface area contributed by atoms with E-state index in [1.807, 2.05) is 43.5 Å². The molecular formula is C21H21FN4O. The molecular weight excluding hydrogens is 343 g/mol. The van der Waals surface area contributed by atoms with E-state index >= 15 is 0 Å². The minimum absolute atomic E-state index is 0.142. The molecule has 4 rings (SSSR count). The van der Waals surface area contributed by atoms with E-state index in [-0.39, 0.29) is 18.3 Å². The highest BCUT2D eigenvalue weighted by Crippen LogP contribution is 2.39. The summed E-state index contributed by atoms with van der Waals surface area (Å²) in [6.07, 6.45) is 3.60. The number of anilines is 1. The zero-order chi connectivity index (χ0) is 19.2. The van der Waals surface area contributed by atoms with Crippen LogP contribution in [0.25, 0.3) is 11.1 Å². The predicted octanol–water partition coefficient (Wildman–Crippen LogP) is 3.43. The number of carbonyl (C=O) groups excluding carboxylic acids is 1. The summed E-state index contributed by atoms with van der Waals surface area (Å²) in [5.74, 6) is -0.580. The fourth-order valence-corrected chi connectivity index (χ4v) is 3.52. The summed E-state index contributed by atoms with van der Waals surface area (Å²) >= 11 is 0. The second kappa shape index (κ2) is 6.32. The molecule has 0 fully saturated rings. The van der Waals surface area contributed by atoms with Gasteiger partial charge in [-0.3, -0.25) is 9.48 Å². The van der Waals surface area contributed by atoms with Gasteiger partial charge in [-0.25, -0.2) is 4.39 Å². The summed E-state index contributed by atoms with van der Waals surface area (Å²) in [6.45, 7) is 4.59. The van der Waals surface area contributed by atoms with Crippen molar-refractivity contribution in [1.82, 2.24) is 9.78 Å². The molecule has 27 heavy (non-hydrogen) atoms. The normalized spacial score (nSPS) is 18.8. The molecule has 5 nitrogen and oxygen atoms in total. The number of hydrogen-bond donors (Lipinski definition) is 1. The van der Waals surface area contributed by atoms with Gasteiger partial charge in [0.15, 0.2) is 0 Å². The fourth-order valence-electron chi connectivity index (χ4n) is 3.52. The molecule has 0 aliphatic carbocycles. The summed E-state index contributed by atoms with van der Waals surface area (Å²) in [5, 5.41) is 4.22.